The lowest BCUT2D eigenvalue weighted by Crippen LogP contribution is -2.53. The van der Waals surface area contributed by atoms with E-state index in [1.165, 1.54) is 0 Å². The molecule has 2 heterocycles. The van der Waals surface area contributed by atoms with Crippen molar-refractivity contribution in [1.29, 1.82) is 0 Å². The number of nitrogens with zero attached hydrogens (tertiary/aromatic N) is 3. The monoisotopic (exact) mass is 360 g/mol. The molecule has 2 aliphatic heterocycles. The molecule has 4 atom stereocenters. The number of aliphatic hydroxyl groups is 2. The molecule has 25 heavy (non-hydrogen) atoms. The van der Waals surface area contributed by atoms with Gasteiger partial charge in [-0.05, 0) is 21.1 Å². The lowest BCUT2D eigenvalue weighted by molar-refractivity contribution is -0.0211. The average molecular weight is 360 g/mol. The fraction of sp³-hybridized carbons (Fsp3) is 0.938. The second-order valence-electron chi connectivity index (χ2n) is 6.95. The average Bonchev–Trinajstić information content (AvgIpc) is 2.94. The highest BCUT2D eigenvalue weighted by atomic mass is 16.5. The minimum atomic E-state index is -0.789. The van der Waals surface area contributed by atoms with E-state index in [1.807, 2.05) is 26.0 Å². The molecule has 3 N–H and O–H groups in total. The third-order valence-electron chi connectivity index (χ3n) is 4.80. The summed E-state index contributed by atoms with van der Waals surface area (Å²) in [4.78, 5) is 18.1. The van der Waals surface area contributed by atoms with Gasteiger partial charge in [-0.3, -0.25) is 4.90 Å². The van der Waals surface area contributed by atoms with Crippen molar-refractivity contribution in [3.8, 4) is 0 Å². The zero-order valence-corrected chi connectivity index (χ0v) is 15.4. The molecule has 0 saturated carbocycles. The second kappa shape index (κ2) is 9.65. The molecule has 2 rings (SSSR count). The van der Waals surface area contributed by atoms with Crippen molar-refractivity contribution in [1.82, 2.24) is 20.0 Å². The van der Waals surface area contributed by atoms with Crippen LogP contribution in [0.2, 0.25) is 0 Å². The maximum atomic E-state index is 12.3. The second-order valence-corrected chi connectivity index (χ2v) is 6.95. The van der Waals surface area contributed by atoms with Crippen LogP contribution in [0.3, 0.4) is 0 Å². The van der Waals surface area contributed by atoms with Gasteiger partial charge in [0, 0.05) is 32.7 Å². The topological polar surface area (TPSA) is 97.7 Å². The van der Waals surface area contributed by atoms with Crippen molar-refractivity contribution in [2.24, 2.45) is 0 Å². The molecule has 9 nitrogen and oxygen atoms in total. The molecule has 0 aliphatic carbocycles. The summed E-state index contributed by atoms with van der Waals surface area (Å²) in [7, 11) is 5.91. The van der Waals surface area contributed by atoms with Crippen LogP contribution in [0.1, 0.15) is 0 Å². The van der Waals surface area contributed by atoms with Gasteiger partial charge < -0.3 is 34.8 Å². The van der Waals surface area contributed by atoms with Crippen LogP contribution in [0.25, 0.3) is 0 Å². The fourth-order valence-corrected chi connectivity index (χ4v) is 3.26. The summed E-state index contributed by atoms with van der Waals surface area (Å²) in [6.45, 7) is 3.90. The van der Waals surface area contributed by atoms with Crippen LogP contribution in [0, 0.1) is 0 Å². The molecule has 0 spiro atoms. The molecule has 2 amide bonds. The third kappa shape index (κ3) is 5.50. The van der Waals surface area contributed by atoms with Gasteiger partial charge in [-0.25, -0.2) is 4.79 Å². The van der Waals surface area contributed by atoms with Gasteiger partial charge >= 0.3 is 6.03 Å². The molecule has 0 radical (unpaired) electrons. The predicted molar refractivity (Wildman–Crippen MR) is 92.5 cm³/mol. The van der Waals surface area contributed by atoms with Crippen molar-refractivity contribution in [2.75, 3.05) is 73.7 Å². The van der Waals surface area contributed by atoms with Gasteiger partial charge in [0.15, 0.2) is 0 Å². The Morgan fingerprint density at radius 2 is 1.88 bits per heavy atom. The molecule has 9 heteroatoms. The predicted octanol–water partition coefficient (Wildman–Crippen LogP) is -1.99. The zero-order valence-electron chi connectivity index (χ0n) is 15.4. The van der Waals surface area contributed by atoms with Crippen LogP contribution >= 0.6 is 0 Å². The van der Waals surface area contributed by atoms with Crippen LogP contribution in [0.15, 0.2) is 0 Å². The van der Waals surface area contributed by atoms with Gasteiger partial charge in [0.05, 0.1) is 32.0 Å². The molecule has 0 bridgehead atoms. The van der Waals surface area contributed by atoms with Crippen LogP contribution in [-0.4, -0.2) is 129 Å². The number of carbonyl (C=O) groups excluding carboxylic acids is 1. The number of ether oxygens (including phenoxy) is 2. The highest BCUT2D eigenvalue weighted by Gasteiger charge is 2.45. The summed E-state index contributed by atoms with van der Waals surface area (Å²) in [5.41, 5.74) is 0. The standard InChI is InChI=1S/C16H32N4O5/c1-18(2)4-5-19(3)14-12(25-13(11-21)15(14)22)10-17-16(23)20-6-8-24-9-7-20/h12-15,21-22H,4-11H2,1-3H3,(H,17,23). The highest BCUT2D eigenvalue weighted by molar-refractivity contribution is 5.74. The number of likely N-dealkylation sites (N-methyl/N-ethyl adjacent to an activating group) is 2. The molecule has 2 fully saturated rings. The van der Waals surface area contributed by atoms with E-state index in [1.54, 1.807) is 4.90 Å². The Kier molecular flexibility index (Phi) is 7.85. The molecule has 2 saturated heterocycles. The normalized spacial score (nSPS) is 30.3. The summed E-state index contributed by atoms with van der Waals surface area (Å²) in [6.07, 6.45) is -1.79. The first-order valence-electron chi connectivity index (χ1n) is 8.84. The Morgan fingerprint density at radius 3 is 2.48 bits per heavy atom. The van der Waals surface area contributed by atoms with Gasteiger partial charge in [0.25, 0.3) is 0 Å². The zero-order chi connectivity index (χ0) is 18.4. The van der Waals surface area contributed by atoms with Crippen LogP contribution in [-0.2, 0) is 9.47 Å². The van der Waals surface area contributed by atoms with E-state index in [4.69, 9.17) is 9.47 Å². The molecule has 2 aliphatic rings. The van der Waals surface area contributed by atoms with Gasteiger partial charge in [-0.2, -0.15) is 0 Å². The molecular weight excluding hydrogens is 328 g/mol. The van der Waals surface area contributed by atoms with Crippen molar-refractivity contribution >= 4 is 6.03 Å². The van der Waals surface area contributed by atoms with Crippen molar-refractivity contribution in [2.45, 2.75) is 24.4 Å². The van der Waals surface area contributed by atoms with Crippen molar-refractivity contribution in [3.05, 3.63) is 0 Å². The molecule has 4 unspecified atom stereocenters. The fourth-order valence-electron chi connectivity index (χ4n) is 3.26. The largest absolute Gasteiger partial charge is 0.394 e. The number of morpholine rings is 1. The van der Waals surface area contributed by atoms with Crippen molar-refractivity contribution in [3.63, 3.8) is 0 Å². The van der Waals surface area contributed by atoms with Crippen LogP contribution in [0.5, 0.6) is 0 Å². The van der Waals surface area contributed by atoms with E-state index in [0.717, 1.165) is 13.1 Å². The Labute approximate surface area is 149 Å². The van der Waals surface area contributed by atoms with E-state index in [2.05, 4.69) is 10.2 Å². The third-order valence-corrected chi connectivity index (χ3v) is 4.80. The molecule has 0 aromatic heterocycles. The van der Waals surface area contributed by atoms with Crippen molar-refractivity contribution < 1.29 is 24.5 Å². The first kappa shape index (κ1) is 20.3. The Balaban J connectivity index is 1.91. The number of amides is 2. The van der Waals surface area contributed by atoms with Gasteiger partial charge in [-0.1, -0.05) is 0 Å². The molecule has 146 valence electrons. The molecule has 0 aromatic carbocycles. The summed E-state index contributed by atoms with van der Waals surface area (Å²) in [5.74, 6) is 0. The summed E-state index contributed by atoms with van der Waals surface area (Å²) in [6, 6.07) is -0.425. The molecular formula is C16H32N4O5. The number of nitrogens with one attached hydrogen (secondary N) is 1. The van der Waals surface area contributed by atoms with E-state index in [0.29, 0.717) is 32.8 Å². The number of rotatable bonds is 7. The number of hydrogen-bond acceptors (Lipinski definition) is 7. The quantitative estimate of drug-likeness (QED) is 0.484. The minimum Gasteiger partial charge on any atom is -0.394 e. The Morgan fingerprint density at radius 1 is 1.20 bits per heavy atom. The van der Waals surface area contributed by atoms with E-state index in [9.17, 15) is 15.0 Å². The van der Waals surface area contributed by atoms with E-state index >= 15 is 0 Å². The lowest BCUT2D eigenvalue weighted by Gasteiger charge is -2.32. The van der Waals surface area contributed by atoms with Crippen LogP contribution < -0.4 is 5.32 Å². The Bertz CT molecular complexity index is 419. The SMILES string of the molecule is CN(C)CCN(C)C1C(CNC(=O)N2CCOCC2)OC(CO)C1O. The summed E-state index contributed by atoms with van der Waals surface area (Å²) in [5, 5.41) is 22.8. The maximum Gasteiger partial charge on any atom is 0.317 e. The van der Waals surface area contributed by atoms with Crippen LogP contribution in [0.4, 0.5) is 4.79 Å². The number of hydrogen-bond donors (Lipinski definition) is 3. The maximum absolute atomic E-state index is 12.3. The first-order chi connectivity index (χ1) is 11.9. The number of aliphatic hydroxyl groups excluding tert-OH is 2. The van der Waals surface area contributed by atoms with Gasteiger partial charge in [0.2, 0.25) is 0 Å². The molecule has 0 aromatic rings. The Hall–Kier alpha value is -0.970. The number of urea groups is 1. The smallest absolute Gasteiger partial charge is 0.317 e. The highest BCUT2D eigenvalue weighted by Crippen LogP contribution is 2.24. The lowest BCUT2D eigenvalue weighted by atomic mass is 10.0. The van der Waals surface area contributed by atoms with E-state index < -0.39 is 12.2 Å². The first-order valence-corrected chi connectivity index (χ1v) is 8.84. The number of carbonyl (C=O) groups is 1. The van der Waals surface area contributed by atoms with Gasteiger partial charge in [0.1, 0.15) is 12.2 Å². The summed E-state index contributed by atoms with van der Waals surface area (Å²) >= 11 is 0. The summed E-state index contributed by atoms with van der Waals surface area (Å²) < 4.78 is 11.0. The minimum absolute atomic E-state index is 0.150. The van der Waals surface area contributed by atoms with E-state index in [-0.39, 0.29) is 24.8 Å². The van der Waals surface area contributed by atoms with Gasteiger partial charge in [-0.15, -0.1) is 0 Å².